The fraction of sp³-hybridized carbons (Fsp3) is 0.238. The van der Waals surface area contributed by atoms with E-state index in [1.165, 1.54) is 18.2 Å². The van der Waals surface area contributed by atoms with Gasteiger partial charge in [-0.05, 0) is 18.6 Å². The second kappa shape index (κ2) is 7.90. The van der Waals surface area contributed by atoms with Crippen LogP contribution in [-0.4, -0.2) is 56.0 Å². The van der Waals surface area contributed by atoms with Gasteiger partial charge < -0.3 is 10.1 Å². The summed E-state index contributed by atoms with van der Waals surface area (Å²) in [6, 6.07) is 8.40. The van der Waals surface area contributed by atoms with Crippen molar-refractivity contribution in [1.29, 1.82) is 0 Å². The lowest BCUT2D eigenvalue weighted by Crippen LogP contribution is -2.38. The third-order valence-electron chi connectivity index (χ3n) is 5.18. The molecule has 2 aromatic carbocycles. The van der Waals surface area contributed by atoms with E-state index in [1.807, 2.05) is 0 Å². The fourth-order valence-electron chi connectivity index (χ4n) is 3.69. The third-order valence-corrected chi connectivity index (χ3v) is 7.34. The van der Waals surface area contributed by atoms with Crippen LogP contribution in [0.1, 0.15) is 48.6 Å². The van der Waals surface area contributed by atoms with Crippen LogP contribution in [0.25, 0.3) is 0 Å². The minimum Gasteiger partial charge on any atom is -0.452 e. The summed E-state index contributed by atoms with van der Waals surface area (Å²) in [4.78, 5) is 50.0. The first-order chi connectivity index (χ1) is 14.7. The molecule has 0 radical (unpaired) electrons. The molecule has 160 valence electrons. The van der Waals surface area contributed by atoms with Crippen LogP contribution in [0.15, 0.2) is 36.4 Å². The number of rotatable bonds is 4. The van der Waals surface area contributed by atoms with Crippen LogP contribution in [0.4, 0.5) is 0 Å². The van der Waals surface area contributed by atoms with Crippen molar-refractivity contribution in [3.8, 4) is 0 Å². The van der Waals surface area contributed by atoms with Crippen LogP contribution in [-0.2, 0) is 19.4 Å². The summed E-state index contributed by atoms with van der Waals surface area (Å²) in [5, 5.41) is 2.28. The molecule has 0 spiro atoms. The number of hydrogen-bond acceptors (Lipinski definition) is 7. The van der Waals surface area contributed by atoms with Gasteiger partial charge in [-0.2, -0.15) is 0 Å². The Morgan fingerprint density at radius 1 is 1.03 bits per heavy atom. The van der Waals surface area contributed by atoms with Crippen molar-refractivity contribution in [2.24, 2.45) is 0 Å². The van der Waals surface area contributed by atoms with E-state index in [4.69, 9.17) is 16.3 Å². The second-order valence-electron chi connectivity index (χ2n) is 7.30. The highest BCUT2D eigenvalue weighted by Crippen LogP contribution is 2.34. The van der Waals surface area contributed by atoms with Crippen molar-refractivity contribution in [3.63, 3.8) is 0 Å². The number of amides is 1. The summed E-state index contributed by atoms with van der Waals surface area (Å²) in [7, 11) is -3.16. The van der Waals surface area contributed by atoms with Gasteiger partial charge in [0.15, 0.2) is 28.0 Å². The predicted molar refractivity (Wildman–Crippen MR) is 110 cm³/mol. The van der Waals surface area contributed by atoms with Crippen LogP contribution in [0.5, 0.6) is 0 Å². The van der Waals surface area contributed by atoms with E-state index in [-0.39, 0.29) is 50.1 Å². The highest BCUT2D eigenvalue weighted by molar-refractivity contribution is 7.91. The minimum atomic E-state index is -3.16. The number of hydrogen-bond donors (Lipinski definition) is 1. The predicted octanol–water partition coefficient (Wildman–Crippen LogP) is 1.58. The van der Waals surface area contributed by atoms with E-state index in [2.05, 4.69) is 5.32 Å². The molecule has 4 rings (SSSR count). The molecule has 1 saturated heterocycles. The van der Waals surface area contributed by atoms with Gasteiger partial charge in [-0.1, -0.05) is 35.9 Å². The number of ether oxygens (including phenoxy) is 1. The Balaban J connectivity index is 1.49. The first-order valence-corrected chi connectivity index (χ1v) is 11.6. The first-order valence-electron chi connectivity index (χ1n) is 9.36. The van der Waals surface area contributed by atoms with E-state index in [1.54, 1.807) is 18.2 Å². The number of halogens is 1. The highest BCUT2D eigenvalue weighted by atomic mass is 35.5. The molecule has 1 aliphatic heterocycles. The average molecular weight is 462 g/mol. The Bertz CT molecular complexity index is 1250. The molecular formula is C21H16ClNO7S. The van der Waals surface area contributed by atoms with Crippen molar-refractivity contribution >= 4 is 44.9 Å². The van der Waals surface area contributed by atoms with Crippen molar-refractivity contribution in [2.75, 3.05) is 18.1 Å². The molecule has 0 bridgehead atoms. The Hall–Kier alpha value is -3.04. The number of ketones is 2. The van der Waals surface area contributed by atoms with Gasteiger partial charge in [0.2, 0.25) is 0 Å². The van der Waals surface area contributed by atoms with Gasteiger partial charge in [0.05, 0.1) is 27.7 Å². The minimum absolute atomic E-state index is 0.00164. The van der Waals surface area contributed by atoms with Crippen molar-refractivity contribution in [3.05, 3.63) is 69.2 Å². The third kappa shape index (κ3) is 3.98. The van der Waals surface area contributed by atoms with Crippen molar-refractivity contribution < 1.29 is 32.3 Å². The fourth-order valence-corrected chi connectivity index (χ4v) is 5.69. The van der Waals surface area contributed by atoms with Crippen LogP contribution in [0.2, 0.25) is 5.02 Å². The van der Waals surface area contributed by atoms with Gasteiger partial charge in [0, 0.05) is 22.7 Å². The maximum atomic E-state index is 12.9. The molecule has 1 N–H and O–H groups in total. The highest BCUT2D eigenvalue weighted by Gasteiger charge is 2.33. The summed E-state index contributed by atoms with van der Waals surface area (Å²) in [5.41, 5.74) is 0.304. The molecule has 0 saturated carbocycles. The Morgan fingerprint density at radius 3 is 2.35 bits per heavy atom. The molecule has 0 aromatic heterocycles. The number of sulfone groups is 1. The van der Waals surface area contributed by atoms with Gasteiger partial charge in [0.25, 0.3) is 5.91 Å². The summed E-state index contributed by atoms with van der Waals surface area (Å²) in [6.45, 7) is -0.640. The number of nitrogens with one attached hydrogen (secondary N) is 1. The second-order valence-corrected chi connectivity index (χ2v) is 9.90. The first kappa shape index (κ1) is 21.2. The monoisotopic (exact) mass is 461 g/mol. The number of esters is 1. The molecule has 1 heterocycles. The lowest BCUT2D eigenvalue weighted by molar-refractivity contribution is -0.124. The van der Waals surface area contributed by atoms with E-state index >= 15 is 0 Å². The Kier molecular flexibility index (Phi) is 5.40. The van der Waals surface area contributed by atoms with E-state index in [0.29, 0.717) is 6.42 Å². The van der Waals surface area contributed by atoms with Gasteiger partial charge in [-0.3, -0.25) is 14.4 Å². The molecule has 2 aromatic rings. The number of carbonyl (C=O) groups excluding carboxylic acids is 4. The zero-order chi connectivity index (χ0) is 22.3. The Labute approximate surface area is 182 Å². The number of carbonyl (C=O) groups is 4. The van der Waals surface area contributed by atoms with Crippen LogP contribution < -0.4 is 5.32 Å². The summed E-state index contributed by atoms with van der Waals surface area (Å²) >= 11 is 6.29. The molecular weight excluding hydrogens is 446 g/mol. The zero-order valence-corrected chi connectivity index (χ0v) is 17.6. The molecule has 2 aliphatic rings. The number of benzene rings is 2. The number of fused-ring (bicyclic) bond motifs is 2. The summed E-state index contributed by atoms with van der Waals surface area (Å²) in [5.74, 6) is -2.60. The quantitative estimate of drug-likeness (QED) is 0.585. The topological polar surface area (TPSA) is 124 Å². The standard InChI is InChI=1S/C21H16ClNO7S/c22-18-15(21(27)30-9-16(24)23-11-7-8-31(28,29)10-11)6-5-14-17(18)20(26)13-4-2-1-3-12(13)19(14)25/h1-6,11H,7-10H2,(H,23,24). The van der Waals surface area contributed by atoms with Crippen LogP contribution >= 0.6 is 11.6 Å². The Morgan fingerprint density at radius 2 is 1.71 bits per heavy atom. The molecule has 1 unspecified atom stereocenters. The largest absolute Gasteiger partial charge is 0.452 e. The lowest BCUT2D eigenvalue weighted by atomic mass is 9.83. The van der Waals surface area contributed by atoms with Gasteiger partial charge in [0.1, 0.15) is 0 Å². The molecule has 10 heteroatoms. The van der Waals surface area contributed by atoms with Crippen molar-refractivity contribution in [1.82, 2.24) is 5.32 Å². The molecule has 31 heavy (non-hydrogen) atoms. The maximum Gasteiger partial charge on any atom is 0.340 e. The molecule has 1 fully saturated rings. The average Bonchev–Trinajstić information content (AvgIpc) is 3.08. The lowest BCUT2D eigenvalue weighted by Gasteiger charge is -2.19. The zero-order valence-electron chi connectivity index (χ0n) is 16.0. The van der Waals surface area contributed by atoms with Gasteiger partial charge >= 0.3 is 5.97 Å². The van der Waals surface area contributed by atoms with Crippen LogP contribution in [0.3, 0.4) is 0 Å². The van der Waals surface area contributed by atoms with Gasteiger partial charge in [-0.25, -0.2) is 13.2 Å². The van der Waals surface area contributed by atoms with Gasteiger partial charge in [-0.15, -0.1) is 0 Å². The maximum absolute atomic E-state index is 12.9. The SMILES string of the molecule is O=C(COC(=O)c1ccc2c(c1Cl)C(=O)c1ccccc1C2=O)NC1CCS(=O)(=O)C1. The van der Waals surface area contributed by atoms with Crippen molar-refractivity contribution in [2.45, 2.75) is 12.5 Å². The summed E-state index contributed by atoms with van der Waals surface area (Å²) < 4.78 is 27.9. The van der Waals surface area contributed by atoms with E-state index in [0.717, 1.165) is 0 Å². The normalized spacial score (nSPS) is 18.8. The smallest absolute Gasteiger partial charge is 0.340 e. The van der Waals surface area contributed by atoms with E-state index in [9.17, 15) is 27.6 Å². The van der Waals surface area contributed by atoms with E-state index < -0.39 is 40.1 Å². The molecule has 1 amide bonds. The van der Waals surface area contributed by atoms with Crippen LogP contribution in [0, 0.1) is 0 Å². The summed E-state index contributed by atoms with van der Waals surface area (Å²) in [6.07, 6.45) is 0.302. The molecule has 8 nitrogen and oxygen atoms in total. The molecule has 1 aliphatic carbocycles. The molecule has 1 atom stereocenters.